The number of nitrogens with one attached hydrogen (secondary N) is 1. The molecule has 4 heteroatoms. The predicted molar refractivity (Wildman–Crippen MR) is 80.3 cm³/mol. The summed E-state index contributed by atoms with van der Waals surface area (Å²) in [5, 5.41) is 3.05. The molecule has 1 aromatic carbocycles. The van der Waals surface area contributed by atoms with Crippen molar-refractivity contribution < 1.29 is 9.53 Å². The monoisotopic (exact) mass is 276 g/mol. The molecule has 0 radical (unpaired) electrons. The van der Waals surface area contributed by atoms with Gasteiger partial charge in [0, 0.05) is 31.9 Å². The molecule has 3 N–H and O–H groups in total. The molecule has 1 amide bonds. The Balaban J connectivity index is 1.74. The lowest BCUT2D eigenvalue weighted by Gasteiger charge is -2.33. The quantitative estimate of drug-likeness (QED) is 0.810. The number of rotatable bonds is 5. The highest BCUT2D eigenvalue weighted by molar-refractivity contribution is 5.76. The van der Waals surface area contributed by atoms with Gasteiger partial charge in [0.15, 0.2) is 0 Å². The number of nitrogen functional groups attached to an aromatic ring is 1. The molecule has 20 heavy (non-hydrogen) atoms. The standard InChI is InChI=1S/C16H24N2O2/c1-16(8-10-20-11-9-16)12-18-15(19)7-6-13-4-2-3-5-14(13)17/h2-5H,6-12,17H2,1H3,(H,18,19). The summed E-state index contributed by atoms with van der Waals surface area (Å²) in [5.41, 5.74) is 7.86. The third-order valence-electron chi connectivity index (χ3n) is 4.09. The van der Waals surface area contributed by atoms with Gasteiger partial charge >= 0.3 is 0 Å². The van der Waals surface area contributed by atoms with Crippen molar-refractivity contribution in [3.05, 3.63) is 29.8 Å². The Labute approximate surface area is 120 Å². The van der Waals surface area contributed by atoms with Crippen molar-refractivity contribution in [1.29, 1.82) is 0 Å². The largest absolute Gasteiger partial charge is 0.399 e. The van der Waals surface area contributed by atoms with Crippen LogP contribution >= 0.6 is 0 Å². The third kappa shape index (κ3) is 4.23. The molecule has 1 aromatic rings. The molecule has 1 saturated heterocycles. The van der Waals surface area contributed by atoms with E-state index in [1.54, 1.807) is 0 Å². The average Bonchev–Trinajstić information content (AvgIpc) is 2.45. The summed E-state index contributed by atoms with van der Waals surface area (Å²) in [6.07, 6.45) is 3.21. The van der Waals surface area contributed by atoms with Gasteiger partial charge in [0.2, 0.25) is 5.91 Å². The van der Waals surface area contributed by atoms with E-state index in [0.717, 1.165) is 43.9 Å². The smallest absolute Gasteiger partial charge is 0.220 e. The van der Waals surface area contributed by atoms with E-state index in [2.05, 4.69) is 12.2 Å². The normalized spacial score (nSPS) is 17.6. The highest BCUT2D eigenvalue weighted by Crippen LogP contribution is 2.28. The fourth-order valence-electron chi connectivity index (χ4n) is 2.45. The van der Waals surface area contributed by atoms with Crippen molar-refractivity contribution >= 4 is 11.6 Å². The first-order chi connectivity index (χ1) is 9.59. The highest BCUT2D eigenvalue weighted by atomic mass is 16.5. The van der Waals surface area contributed by atoms with E-state index < -0.39 is 0 Å². The van der Waals surface area contributed by atoms with Crippen molar-refractivity contribution in [3.63, 3.8) is 0 Å². The second-order valence-corrected chi connectivity index (χ2v) is 5.90. The fraction of sp³-hybridized carbons (Fsp3) is 0.562. The molecule has 0 atom stereocenters. The summed E-state index contributed by atoms with van der Waals surface area (Å²) in [4.78, 5) is 11.9. The molecule has 4 nitrogen and oxygen atoms in total. The van der Waals surface area contributed by atoms with Crippen molar-refractivity contribution in [1.82, 2.24) is 5.32 Å². The van der Waals surface area contributed by atoms with E-state index in [-0.39, 0.29) is 11.3 Å². The van der Waals surface area contributed by atoms with Gasteiger partial charge in [-0.1, -0.05) is 25.1 Å². The first-order valence-corrected chi connectivity index (χ1v) is 7.27. The molecule has 0 bridgehead atoms. The lowest BCUT2D eigenvalue weighted by atomic mass is 9.82. The molecular weight excluding hydrogens is 252 g/mol. The topological polar surface area (TPSA) is 64.4 Å². The molecular formula is C16H24N2O2. The maximum atomic E-state index is 11.9. The second-order valence-electron chi connectivity index (χ2n) is 5.90. The van der Waals surface area contributed by atoms with Gasteiger partial charge in [-0.25, -0.2) is 0 Å². The number of amides is 1. The zero-order valence-electron chi connectivity index (χ0n) is 12.2. The van der Waals surface area contributed by atoms with Gasteiger partial charge in [-0.3, -0.25) is 4.79 Å². The Hall–Kier alpha value is -1.55. The van der Waals surface area contributed by atoms with Crippen LogP contribution in [0.4, 0.5) is 5.69 Å². The molecule has 0 aromatic heterocycles. The van der Waals surface area contributed by atoms with E-state index >= 15 is 0 Å². The number of para-hydroxylation sites is 1. The van der Waals surface area contributed by atoms with E-state index in [4.69, 9.17) is 10.5 Å². The van der Waals surface area contributed by atoms with E-state index in [1.807, 2.05) is 24.3 Å². The zero-order valence-corrected chi connectivity index (χ0v) is 12.2. The van der Waals surface area contributed by atoms with Crippen molar-refractivity contribution in [3.8, 4) is 0 Å². The predicted octanol–water partition coefficient (Wildman–Crippen LogP) is 2.13. The second kappa shape index (κ2) is 6.75. The van der Waals surface area contributed by atoms with Crippen LogP contribution in [-0.4, -0.2) is 25.7 Å². The molecule has 0 aliphatic carbocycles. The number of aryl methyl sites for hydroxylation is 1. The van der Waals surface area contributed by atoms with Gasteiger partial charge in [-0.05, 0) is 36.3 Å². The lowest BCUT2D eigenvalue weighted by Crippen LogP contribution is -2.39. The number of carbonyl (C=O) groups excluding carboxylic acids is 1. The Morgan fingerprint density at radius 2 is 2.05 bits per heavy atom. The number of nitrogens with two attached hydrogens (primary N) is 1. The number of hydrogen-bond acceptors (Lipinski definition) is 3. The summed E-state index contributed by atoms with van der Waals surface area (Å²) < 4.78 is 5.36. The van der Waals surface area contributed by atoms with E-state index in [1.165, 1.54) is 0 Å². The van der Waals surface area contributed by atoms with Crippen molar-refractivity contribution in [2.24, 2.45) is 5.41 Å². The zero-order chi connectivity index (χ0) is 14.4. The molecule has 1 fully saturated rings. The Morgan fingerprint density at radius 1 is 1.35 bits per heavy atom. The van der Waals surface area contributed by atoms with Gasteiger partial charge in [0.05, 0.1) is 0 Å². The minimum absolute atomic E-state index is 0.0981. The minimum atomic E-state index is 0.0981. The average molecular weight is 276 g/mol. The molecule has 1 aliphatic heterocycles. The van der Waals surface area contributed by atoms with Gasteiger partial charge in [0.1, 0.15) is 0 Å². The van der Waals surface area contributed by atoms with Crippen LogP contribution in [-0.2, 0) is 16.0 Å². The van der Waals surface area contributed by atoms with Crippen LogP contribution in [0.3, 0.4) is 0 Å². The number of hydrogen-bond donors (Lipinski definition) is 2. The van der Waals surface area contributed by atoms with Crippen molar-refractivity contribution in [2.75, 3.05) is 25.5 Å². The van der Waals surface area contributed by atoms with E-state index in [9.17, 15) is 4.79 Å². The molecule has 1 heterocycles. The van der Waals surface area contributed by atoms with Gasteiger partial charge in [-0.2, -0.15) is 0 Å². The summed E-state index contributed by atoms with van der Waals surface area (Å²) in [6, 6.07) is 7.70. The van der Waals surface area contributed by atoms with Crippen LogP contribution in [0.2, 0.25) is 0 Å². The molecule has 0 unspecified atom stereocenters. The number of ether oxygens (including phenoxy) is 1. The molecule has 2 rings (SSSR count). The third-order valence-corrected chi connectivity index (χ3v) is 4.09. The SMILES string of the molecule is CC1(CNC(=O)CCc2ccccc2N)CCOCC1. The maximum absolute atomic E-state index is 11.9. The summed E-state index contributed by atoms with van der Waals surface area (Å²) in [5.74, 6) is 0.0981. The Kier molecular flexibility index (Phi) is 5.01. The Morgan fingerprint density at radius 3 is 2.75 bits per heavy atom. The number of anilines is 1. The molecule has 0 saturated carbocycles. The van der Waals surface area contributed by atoms with Crippen LogP contribution in [0.15, 0.2) is 24.3 Å². The van der Waals surface area contributed by atoms with Gasteiger partial charge < -0.3 is 15.8 Å². The maximum Gasteiger partial charge on any atom is 0.220 e. The molecule has 110 valence electrons. The summed E-state index contributed by atoms with van der Waals surface area (Å²) in [7, 11) is 0. The minimum Gasteiger partial charge on any atom is -0.399 e. The van der Waals surface area contributed by atoms with Crippen LogP contribution in [0.1, 0.15) is 31.7 Å². The first kappa shape index (κ1) is 14.9. The highest BCUT2D eigenvalue weighted by Gasteiger charge is 2.27. The number of benzene rings is 1. The number of carbonyl (C=O) groups is 1. The van der Waals surface area contributed by atoms with E-state index in [0.29, 0.717) is 12.8 Å². The summed E-state index contributed by atoms with van der Waals surface area (Å²) >= 11 is 0. The van der Waals surface area contributed by atoms with Crippen LogP contribution in [0.25, 0.3) is 0 Å². The van der Waals surface area contributed by atoms with Gasteiger partial charge in [0.25, 0.3) is 0 Å². The summed E-state index contributed by atoms with van der Waals surface area (Å²) in [6.45, 7) is 4.55. The Bertz CT molecular complexity index is 454. The molecule has 1 aliphatic rings. The van der Waals surface area contributed by atoms with Crippen LogP contribution in [0, 0.1) is 5.41 Å². The fourth-order valence-corrected chi connectivity index (χ4v) is 2.45. The molecule has 0 spiro atoms. The lowest BCUT2D eigenvalue weighted by molar-refractivity contribution is -0.121. The van der Waals surface area contributed by atoms with Gasteiger partial charge in [-0.15, -0.1) is 0 Å². The van der Waals surface area contributed by atoms with Crippen molar-refractivity contribution in [2.45, 2.75) is 32.6 Å². The first-order valence-electron chi connectivity index (χ1n) is 7.27. The van der Waals surface area contributed by atoms with Crippen LogP contribution < -0.4 is 11.1 Å². The van der Waals surface area contributed by atoms with Crippen LogP contribution in [0.5, 0.6) is 0 Å².